The molecule has 176 valence electrons. The van der Waals surface area contributed by atoms with Crippen LogP contribution in [-0.4, -0.2) is 58.4 Å². The van der Waals surface area contributed by atoms with E-state index in [1.807, 2.05) is 12.1 Å². The van der Waals surface area contributed by atoms with Gasteiger partial charge in [0.25, 0.3) is 0 Å². The lowest BCUT2D eigenvalue weighted by atomic mass is 10.1. The van der Waals surface area contributed by atoms with Gasteiger partial charge in [-0.1, -0.05) is 12.1 Å². The van der Waals surface area contributed by atoms with Crippen molar-refractivity contribution >= 4 is 23.5 Å². The van der Waals surface area contributed by atoms with Crippen molar-refractivity contribution < 1.29 is 18.9 Å². The van der Waals surface area contributed by atoms with E-state index in [0.29, 0.717) is 0 Å². The summed E-state index contributed by atoms with van der Waals surface area (Å²) >= 11 is 4.16. The Morgan fingerprint density at radius 1 is 0.812 bits per heavy atom. The molecule has 7 heteroatoms. The summed E-state index contributed by atoms with van der Waals surface area (Å²) in [7, 11) is 8.92. The molecule has 0 atom stereocenters. The smallest absolute Gasteiger partial charge is 0.161 e. The number of thioether (sulfide) groups is 2. The highest BCUT2D eigenvalue weighted by molar-refractivity contribution is 8.18. The molecular weight excluding hydrogens is 442 g/mol. The number of ether oxygens (including phenoxy) is 4. The molecule has 0 radical (unpaired) electrons. The lowest BCUT2D eigenvalue weighted by molar-refractivity contribution is 0.314. The van der Waals surface area contributed by atoms with Crippen molar-refractivity contribution in [3.05, 3.63) is 47.5 Å². The maximum atomic E-state index is 5.59. The van der Waals surface area contributed by atoms with Gasteiger partial charge in [0.2, 0.25) is 0 Å². The largest absolute Gasteiger partial charge is 0.493 e. The van der Waals surface area contributed by atoms with Crippen LogP contribution in [0.1, 0.15) is 30.4 Å². The second-order valence-electron chi connectivity index (χ2n) is 7.90. The molecule has 0 aliphatic carbocycles. The fourth-order valence-corrected chi connectivity index (χ4v) is 7.47. The molecule has 5 nitrogen and oxygen atoms in total. The maximum absolute atomic E-state index is 5.59. The quantitative estimate of drug-likeness (QED) is 0.414. The van der Waals surface area contributed by atoms with Crippen molar-refractivity contribution in [2.45, 2.75) is 29.9 Å². The van der Waals surface area contributed by atoms with Crippen LogP contribution in [0.2, 0.25) is 0 Å². The zero-order valence-corrected chi connectivity index (χ0v) is 21.4. The van der Waals surface area contributed by atoms with E-state index >= 15 is 0 Å². The zero-order chi connectivity index (χ0) is 23.0. The highest BCUT2D eigenvalue weighted by atomic mass is 32.2. The van der Waals surface area contributed by atoms with Gasteiger partial charge in [0.1, 0.15) is 0 Å². The lowest BCUT2D eigenvalue weighted by Crippen LogP contribution is -2.26. The van der Waals surface area contributed by atoms with Crippen molar-refractivity contribution in [1.29, 1.82) is 0 Å². The Kier molecular flexibility index (Phi) is 9.32. The van der Waals surface area contributed by atoms with E-state index in [0.717, 1.165) is 48.9 Å². The highest BCUT2D eigenvalue weighted by Gasteiger charge is 2.36. The molecule has 0 aromatic heterocycles. The first kappa shape index (κ1) is 24.9. The molecule has 0 N–H and O–H groups in total. The Balaban J connectivity index is 1.65. The van der Waals surface area contributed by atoms with Crippen molar-refractivity contribution in [2.24, 2.45) is 0 Å². The Morgan fingerprint density at radius 3 is 2.03 bits per heavy atom. The van der Waals surface area contributed by atoms with Gasteiger partial charge in [-0.15, -0.1) is 23.5 Å². The third-order valence-electron chi connectivity index (χ3n) is 5.73. The van der Waals surface area contributed by atoms with Crippen LogP contribution in [0.25, 0.3) is 0 Å². The van der Waals surface area contributed by atoms with Crippen LogP contribution in [0.3, 0.4) is 0 Å². The summed E-state index contributed by atoms with van der Waals surface area (Å²) in [5.74, 6) is 5.53. The molecule has 3 rings (SSSR count). The van der Waals surface area contributed by atoms with Gasteiger partial charge in [-0.2, -0.15) is 0 Å². The van der Waals surface area contributed by atoms with Crippen LogP contribution in [0.5, 0.6) is 23.0 Å². The molecule has 1 aliphatic heterocycles. The molecule has 1 heterocycles. The molecule has 32 heavy (non-hydrogen) atoms. The molecule has 2 aromatic rings. The number of hydrogen-bond donors (Lipinski definition) is 0. The first-order chi connectivity index (χ1) is 15.5. The number of hydrogen-bond acceptors (Lipinski definition) is 7. The summed E-state index contributed by atoms with van der Waals surface area (Å²) in [5, 5.41) is 0. The van der Waals surface area contributed by atoms with Crippen LogP contribution in [0.4, 0.5) is 0 Å². The second-order valence-corrected chi connectivity index (χ2v) is 10.9. The summed E-state index contributed by atoms with van der Waals surface area (Å²) in [5.41, 5.74) is 2.55. The number of nitrogens with zero attached hydrogens (tertiary/aromatic N) is 1. The van der Waals surface area contributed by atoms with Gasteiger partial charge in [0.15, 0.2) is 23.0 Å². The Morgan fingerprint density at radius 2 is 1.41 bits per heavy atom. The van der Waals surface area contributed by atoms with Crippen molar-refractivity contribution in [1.82, 2.24) is 4.90 Å². The predicted octanol–water partition coefficient (Wildman–Crippen LogP) is 5.66. The van der Waals surface area contributed by atoms with E-state index in [2.05, 4.69) is 59.7 Å². The molecule has 0 bridgehead atoms. The standard InChI is InChI=1S/C25H35NO4S2/c1-26(18-19-8-10-21(27-2)23(16-19)29-4)13-6-12-25(31-14-7-15-32-25)20-9-11-22(28-3)24(17-20)30-5/h8-11,16-17H,6-7,12-15,18H2,1-5H3. The van der Waals surface area contributed by atoms with E-state index in [1.54, 1.807) is 28.4 Å². The molecular formula is C25H35NO4S2. The number of benzene rings is 2. The van der Waals surface area contributed by atoms with E-state index in [9.17, 15) is 0 Å². The van der Waals surface area contributed by atoms with Gasteiger partial charge in [0, 0.05) is 6.54 Å². The summed E-state index contributed by atoms with van der Waals surface area (Å²) in [6.07, 6.45) is 3.51. The summed E-state index contributed by atoms with van der Waals surface area (Å²) in [6.45, 7) is 1.91. The lowest BCUT2D eigenvalue weighted by Gasteiger charge is -2.37. The van der Waals surface area contributed by atoms with Crippen LogP contribution in [0.15, 0.2) is 36.4 Å². The first-order valence-electron chi connectivity index (χ1n) is 10.9. The third kappa shape index (κ3) is 6.00. The third-order valence-corrected chi connectivity index (χ3v) is 9.23. The van der Waals surface area contributed by atoms with E-state index < -0.39 is 0 Å². The van der Waals surface area contributed by atoms with Crippen molar-refractivity contribution in [2.75, 3.05) is 53.5 Å². The van der Waals surface area contributed by atoms with Gasteiger partial charge in [-0.05, 0) is 79.8 Å². The normalized spacial score (nSPS) is 15.4. The molecule has 1 fully saturated rings. The highest BCUT2D eigenvalue weighted by Crippen LogP contribution is 2.54. The Hall–Kier alpha value is -1.70. The molecule has 2 aromatic carbocycles. The average molecular weight is 478 g/mol. The van der Waals surface area contributed by atoms with Crippen LogP contribution >= 0.6 is 23.5 Å². The van der Waals surface area contributed by atoms with Crippen molar-refractivity contribution in [3.8, 4) is 23.0 Å². The van der Waals surface area contributed by atoms with Crippen LogP contribution in [0, 0.1) is 0 Å². The minimum absolute atomic E-state index is 0.0714. The predicted molar refractivity (Wildman–Crippen MR) is 136 cm³/mol. The molecule has 1 aliphatic rings. The molecule has 0 spiro atoms. The van der Waals surface area contributed by atoms with E-state index in [-0.39, 0.29) is 4.08 Å². The number of methoxy groups -OCH3 is 4. The van der Waals surface area contributed by atoms with Crippen LogP contribution in [-0.2, 0) is 10.6 Å². The Bertz CT molecular complexity index is 871. The molecule has 0 amide bonds. The fraction of sp³-hybridized carbons (Fsp3) is 0.520. The second kappa shape index (κ2) is 12.0. The minimum Gasteiger partial charge on any atom is -0.493 e. The SMILES string of the molecule is COc1ccc(CN(C)CCCC2(c3ccc(OC)c(OC)c3)SCCCS2)cc1OC. The van der Waals surface area contributed by atoms with Gasteiger partial charge < -0.3 is 23.8 Å². The van der Waals surface area contributed by atoms with Crippen LogP contribution < -0.4 is 18.9 Å². The summed E-state index contributed by atoms with van der Waals surface area (Å²) in [4.78, 5) is 2.38. The average Bonchev–Trinajstić information content (AvgIpc) is 2.84. The van der Waals surface area contributed by atoms with Gasteiger partial charge in [0.05, 0.1) is 32.5 Å². The van der Waals surface area contributed by atoms with E-state index in [1.165, 1.54) is 29.1 Å². The molecule has 0 saturated carbocycles. The molecule has 1 saturated heterocycles. The van der Waals surface area contributed by atoms with Gasteiger partial charge in [-0.3, -0.25) is 0 Å². The fourth-order valence-electron chi connectivity index (χ4n) is 4.05. The van der Waals surface area contributed by atoms with E-state index in [4.69, 9.17) is 18.9 Å². The molecule has 0 unspecified atom stereocenters. The van der Waals surface area contributed by atoms with Gasteiger partial charge in [-0.25, -0.2) is 0 Å². The summed E-state index contributed by atoms with van der Waals surface area (Å²) < 4.78 is 21.9. The zero-order valence-electron chi connectivity index (χ0n) is 19.8. The topological polar surface area (TPSA) is 40.2 Å². The maximum Gasteiger partial charge on any atom is 0.161 e. The van der Waals surface area contributed by atoms with Crippen molar-refractivity contribution in [3.63, 3.8) is 0 Å². The number of rotatable bonds is 11. The minimum atomic E-state index is 0.0714. The first-order valence-corrected chi connectivity index (χ1v) is 12.9. The van der Waals surface area contributed by atoms with Gasteiger partial charge >= 0.3 is 0 Å². The summed E-state index contributed by atoms with van der Waals surface area (Å²) in [6, 6.07) is 12.6. The monoisotopic (exact) mass is 477 g/mol. The Labute approximate surface area is 201 Å².